The minimum absolute atomic E-state index is 0.115. The highest BCUT2D eigenvalue weighted by Crippen LogP contribution is 2.19. The van der Waals surface area contributed by atoms with Gasteiger partial charge in [0.25, 0.3) is 0 Å². The average Bonchev–Trinajstić information content (AvgIpc) is 2.92. The summed E-state index contributed by atoms with van der Waals surface area (Å²) in [5.41, 5.74) is 0.628. The van der Waals surface area contributed by atoms with E-state index in [1.54, 1.807) is 24.7 Å². The van der Waals surface area contributed by atoms with Gasteiger partial charge in [0.2, 0.25) is 5.91 Å². The first-order chi connectivity index (χ1) is 9.65. The third-order valence-corrected chi connectivity index (χ3v) is 3.13. The van der Waals surface area contributed by atoms with Crippen molar-refractivity contribution in [2.45, 2.75) is 19.5 Å². The van der Waals surface area contributed by atoms with Gasteiger partial charge in [0.15, 0.2) is 0 Å². The summed E-state index contributed by atoms with van der Waals surface area (Å²) in [5, 5.41) is 6.46. The molecular weight excluding hydrogens is 276 g/mol. The van der Waals surface area contributed by atoms with Gasteiger partial charge in [-0.2, -0.15) is 0 Å². The molecule has 0 aliphatic rings. The normalized spacial score (nSPS) is 12.1. The number of aromatic nitrogens is 2. The summed E-state index contributed by atoms with van der Waals surface area (Å²) < 4.78 is 1.96. The summed E-state index contributed by atoms with van der Waals surface area (Å²) in [5.74, 6) is -0.115. The summed E-state index contributed by atoms with van der Waals surface area (Å²) in [4.78, 5) is 15.8. The zero-order chi connectivity index (χ0) is 14.4. The molecule has 0 spiro atoms. The number of anilines is 1. The molecule has 1 amide bonds. The first kappa shape index (κ1) is 14.6. The van der Waals surface area contributed by atoms with Gasteiger partial charge in [-0.1, -0.05) is 23.7 Å². The Kier molecular flexibility index (Phi) is 5.15. The SMILES string of the molecule is CC(Cn1ccnc1)NCC(=O)Nc1ccccc1Cl. The highest BCUT2D eigenvalue weighted by Gasteiger charge is 2.08. The molecule has 0 saturated heterocycles. The van der Waals surface area contributed by atoms with Crippen molar-refractivity contribution in [1.82, 2.24) is 14.9 Å². The van der Waals surface area contributed by atoms with E-state index in [0.29, 0.717) is 10.7 Å². The van der Waals surface area contributed by atoms with Crippen LogP contribution in [0.5, 0.6) is 0 Å². The van der Waals surface area contributed by atoms with Crippen molar-refractivity contribution in [3.8, 4) is 0 Å². The van der Waals surface area contributed by atoms with Crippen molar-refractivity contribution < 1.29 is 4.79 Å². The number of hydrogen-bond donors (Lipinski definition) is 2. The largest absolute Gasteiger partial charge is 0.336 e. The fourth-order valence-corrected chi connectivity index (χ4v) is 1.98. The Morgan fingerprint density at radius 1 is 1.45 bits per heavy atom. The molecule has 0 radical (unpaired) electrons. The number of carbonyl (C=O) groups excluding carboxylic acids is 1. The predicted octanol–water partition coefficient (Wildman–Crippen LogP) is 2.15. The summed E-state index contributed by atoms with van der Waals surface area (Å²) in [7, 11) is 0. The Morgan fingerprint density at radius 2 is 2.25 bits per heavy atom. The van der Waals surface area contributed by atoms with Gasteiger partial charge < -0.3 is 15.2 Å². The first-order valence-electron chi connectivity index (χ1n) is 6.38. The number of para-hydroxylation sites is 1. The van der Waals surface area contributed by atoms with Gasteiger partial charge >= 0.3 is 0 Å². The zero-order valence-corrected chi connectivity index (χ0v) is 12.0. The van der Waals surface area contributed by atoms with Crippen molar-refractivity contribution in [2.24, 2.45) is 0 Å². The van der Waals surface area contributed by atoms with E-state index >= 15 is 0 Å². The third-order valence-electron chi connectivity index (χ3n) is 2.80. The van der Waals surface area contributed by atoms with Crippen molar-refractivity contribution in [3.05, 3.63) is 48.0 Å². The zero-order valence-electron chi connectivity index (χ0n) is 11.2. The molecule has 0 fully saturated rings. The van der Waals surface area contributed by atoms with Crippen LogP contribution in [0.3, 0.4) is 0 Å². The molecule has 1 atom stereocenters. The van der Waals surface area contributed by atoms with Crippen LogP contribution in [-0.2, 0) is 11.3 Å². The fourth-order valence-electron chi connectivity index (χ4n) is 1.80. The van der Waals surface area contributed by atoms with E-state index in [-0.39, 0.29) is 18.5 Å². The summed E-state index contributed by atoms with van der Waals surface area (Å²) in [6, 6.07) is 7.34. The monoisotopic (exact) mass is 292 g/mol. The third kappa shape index (κ3) is 4.36. The van der Waals surface area contributed by atoms with Crippen molar-refractivity contribution >= 4 is 23.2 Å². The molecule has 0 aliphatic carbocycles. The topological polar surface area (TPSA) is 59.0 Å². The molecule has 2 N–H and O–H groups in total. The molecule has 1 unspecified atom stereocenters. The lowest BCUT2D eigenvalue weighted by Crippen LogP contribution is -2.36. The number of hydrogen-bond acceptors (Lipinski definition) is 3. The quantitative estimate of drug-likeness (QED) is 0.858. The number of imidazole rings is 1. The molecule has 6 heteroatoms. The molecule has 106 valence electrons. The van der Waals surface area contributed by atoms with Crippen molar-refractivity contribution in [3.63, 3.8) is 0 Å². The van der Waals surface area contributed by atoms with E-state index in [1.165, 1.54) is 0 Å². The van der Waals surface area contributed by atoms with E-state index in [0.717, 1.165) is 6.54 Å². The van der Waals surface area contributed by atoms with Crippen molar-refractivity contribution in [2.75, 3.05) is 11.9 Å². The molecule has 1 heterocycles. The highest BCUT2D eigenvalue weighted by molar-refractivity contribution is 6.33. The van der Waals surface area contributed by atoms with Gasteiger partial charge in [0.1, 0.15) is 0 Å². The van der Waals surface area contributed by atoms with Crippen LogP contribution >= 0.6 is 11.6 Å². The number of halogens is 1. The van der Waals surface area contributed by atoms with Gasteiger partial charge in [-0.3, -0.25) is 4.79 Å². The second-order valence-corrected chi connectivity index (χ2v) is 4.98. The molecular formula is C14H17ClN4O. The number of amides is 1. The van der Waals surface area contributed by atoms with Gasteiger partial charge in [-0.25, -0.2) is 4.98 Å². The van der Waals surface area contributed by atoms with Crippen LogP contribution in [0, 0.1) is 0 Å². The summed E-state index contributed by atoms with van der Waals surface area (Å²) in [6.45, 7) is 3.02. The number of nitrogens with one attached hydrogen (secondary N) is 2. The van der Waals surface area contributed by atoms with Crippen LogP contribution in [0.15, 0.2) is 43.0 Å². The molecule has 2 aromatic rings. The van der Waals surface area contributed by atoms with Gasteiger partial charge in [-0.05, 0) is 19.1 Å². The van der Waals surface area contributed by atoms with E-state index in [1.807, 2.05) is 29.8 Å². The van der Waals surface area contributed by atoms with Gasteiger partial charge in [0.05, 0.1) is 23.6 Å². The summed E-state index contributed by atoms with van der Waals surface area (Å²) >= 11 is 5.98. The Morgan fingerprint density at radius 3 is 2.95 bits per heavy atom. The maximum atomic E-state index is 11.8. The number of nitrogens with zero attached hydrogens (tertiary/aromatic N) is 2. The second kappa shape index (κ2) is 7.07. The van der Waals surface area contributed by atoms with E-state index in [2.05, 4.69) is 15.6 Å². The molecule has 1 aromatic heterocycles. The lowest BCUT2D eigenvalue weighted by atomic mass is 10.3. The maximum Gasteiger partial charge on any atom is 0.238 e. The molecule has 2 rings (SSSR count). The van der Waals surface area contributed by atoms with Gasteiger partial charge in [0, 0.05) is 25.0 Å². The minimum atomic E-state index is -0.115. The number of carbonyl (C=O) groups is 1. The van der Waals surface area contributed by atoms with Crippen LogP contribution in [0.4, 0.5) is 5.69 Å². The Balaban J connectivity index is 1.76. The smallest absolute Gasteiger partial charge is 0.238 e. The van der Waals surface area contributed by atoms with Crippen LogP contribution < -0.4 is 10.6 Å². The molecule has 0 saturated carbocycles. The summed E-state index contributed by atoms with van der Waals surface area (Å²) in [6.07, 6.45) is 5.38. The number of rotatable bonds is 6. The molecule has 0 bridgehead atoms. The second-order valence-electron chi connectivity index (χ2n) is 4.57. The fraction of sp³-hybridized carbons (Fsp3) is 0.286. The van der Waals surface area contributed by atoms with E-state index in [9.17, 15) is 4.79 Å². The van der Waals surface area contributed by atoms with E-state index < -0.39 is 0 Å². The lowest BCUT2D eigenvalue weighted by molar-refractivity contribution is -0.115. The number of benzene rings is 1. The Hall–Kier alpha value is -1.85. The average molecular weight is 293 g/mol. The first-order valence-corrected chi connectivity index (χ1v) is 6.76. The molecule has 20 heavy (non-hydrogen) atoms. The molecule has 5 nitrogen and oxygen atoms in total. The van der Waals surface area contributed by atoms with Crippen LogP contribution in [0.1, 0.15) is 6.92 Å². The lowest BCUT2D eigenvalue weighted by Gasteiger charge is -2.14. The maximum absolute atomic E-state index is 11.8. The van der Waals surface area contributed by atoms with Crippen LogP contribution in [0.2, 0.25) is 5.02 Å². The molecule has 0 aliphatic heterocycles. The van der Waals surface area contributed by atoms with Crippen molar-refractivity contribution in [1.29, 1.82) is 0 Å². The van der Waals surface area contributed by atoms with Crippen LogP contribution in [-0.4, -0.2) is 28.0 Å². The molecule has 1 aromatic carbocycles. The van der Waals surface area contributed by atoms with Gasteiger partial charge in [-0.15, -0.1) is 0 Å². The predicted molar refractivity (Wildman–Crippen MR) is 79.8 cm³/mol. The highest BCUT2D eigenvalue weighted by atomic mass is 35.5. The Labute approximate surface area is 123 Å². The van der Waals surface area contributed by atoms with Crippen LogP contribution in [0.25, 0.3) is 0 Å². The standard InChI is InChI=1S/C14H17ClN4O/c1-11(9-19-7-6-16-10-19)17-8-14(20)18-13-5-3-2-4-12(13)15/h2-7,10-11,17H,8-9H2,1H3,(H,18,20). The minimum Gasteiger partial charge on any atom is -0.336 e. The van der Waals surface area contributed by atoms with E-state index in [4.69, 9.17) is 11.6 Å². The Bertz CT molecular complexity index is 556.